The molecule has 0 saturated carbocycles. The van der Waals surface area contributed by atoms with E-state index in [1.165, 1.54) is 0 Å². The van der Waals surface area contributed by atoms with Crippen LogP contribution in [0, 0.1) is 0 Å². The molecule has 2 fully saturated rings. The standard InChI is InChI=1S/C21H21N3O.C21H21NO4/c25-20-13-7-12-19(24(20)15-16-8-3-1-4-9-16)21-22-14-18(23-21)17-10-5-2-6-11-17;23-19(17-10-5-2-6-11-17)15-26-21(25)18-12-7-13-20(24)22(18)14-16-8-3-1-4-9-16/h1-6,8-11,14,19H,7,12-13,15H2,(H,22,23);1-6,8-11,18H,7,12-15H2. The number of carbonyl (C=O) groups excluding carboxylic acids is 4. The highest BCUT2D eigenvalue weighted by Gasteiger charge is 2.35. The molecule has 0 bridgehead atoms. The number of aromatic nitrogens is 2. The number of nitrogens with one attached hydrogen (secondary N) is 1. The minimum Gasteiger partial charge on any atom is -0.456 e. The Balaban J connectivity index is 0.000000176. The normalized spacial score (nSPS) is 17.3. The number of imidazole rings is 1. The van der Waals surface area contributed by atoms with E-state index >= 15 is 0 Å². The van der Waals surface area contributed by atoms with Crippen LogP contribution in [0.25, 0.3) is 11.3 Å². The molecule has 5 aromatic rings. The van der Waals surface area contributed by atoms with Crippen molar-refractivity contribution in [1.29, 1.82) is 0 Å². The monoisotopic (exact) mass is 682 g/mol. The first-order valence-corrected chi connectivity index (χ1v) is 17.5. The zero-order valence-corrected chi connectivity index (χ0v) is 28.5. The number of hydrogen-bond acceptors (Lipinski definition) is 6. The molecule has 2 amide bonds. The first-order chi connectivity index (χ1) is 25.0. The molecule has 1 N–H and O–H groups in total. The lowest BCUT2D eigenvalue weighted by molar-refractivity contribution is -0.157. The van der Waals surface area contributed by atoms with Crippen molar-refractivity contribution in [2.24, 2.45) is 0 Å². The van der Waals surface area contributed by atoms with Gasteiger partial charge in [0.05, 0.1) is 17.9 Å². The largest absolute Gasteiger partial charge is 0.456 e. The summed E-state index contributed by atoms with van der Waals surface area (Å²) in [5, 5.41) is 0. The van der Waals surface area contributed by atoms with E-state index < -0.39 is 12.0 Å². The summed E-state index contributed by atoms with van der Waals surface area (Å²) in [5.41, 5.74) is 4.71. The highest BCUT2D eigenvalue weighted by Crippen LogP contribution is 2.32. The van der Waals surface area contributed by atoms with Gasteiger partial charge in [-0.1, -0.05) is 121 Å². The molecular formula is C42H42N4O5. The number of H-pyrrole nitrogens is 1. The number of carbonyl (C=O) groups is 4. The molecule has 2 saturated heterocycles. The zero-order valence-electron chi connectivity index (χ0n) is 28.5. The Morgan fingerprint density at radius 2 is 1.22 bits per heavy atom. The fraction of sp³-hybridized carbons (Fsp3) is 0.262. The van der Waals surface area contributed by atoms with Crippen molar-refractivity contribution >= 4 is 23.6 Å². The summed E-state index contributed by atoms with van der Waals surface area (Å²) in [7, 11) is 0. The highest BCUT2D eigenvalue weighted by molar-refractivity contribution is 5.98. The first-order valence-electron chi connectivity index (χ1n) is 17.5. The number of ketones is 1. The van der Waals surface area contributed by atoms with Gasteiger partial charge < -0.3 is 19.5 Å². The van der Waals surface area contributed by atoms with Crippen LogP contribution in [-0.2, 0) is 32.2 Å². The molecule has 2 unspecified atom stereocenters. The molecule has 0 aliphatic carbocycles. The smallest absolute Gasteiger partial charge is 0.329 e. The molecule has 2 aliphatic rings. The van der Waals surface area contributed by atoms with Crippen LogP contribution >= 0.6 is 0 Å². The average Bonchev–Trinajstić information content (AvgIpc) is 3.68. The maximum Gasteiger partial charge on any atom is 0.329 e. The van der Waals surface area contributed by atoms with E-state index in [0.717, 1.165) is 41.1 Å². The van der Waals surface area contributed by atoms with Gasteiger partial charge in [-0.05, 0) is 42.4 Å². The Morgan fingerprint density at radius 3 is 1.84 bits per heavy atom. The molecule has 51 heavy (non-hydrogen) atoms. The summed E-state index contributed by atoms with van der Waals surface area (Å²) < 4.78 is 5.23. The predicted molar refractivity (Wildman–Crippen MR) is 194 cm³/mol. The number of esters is 1. The number of piperidine rings is 2. The van der Waals surface area contributed by atoms with Gasteiger partial charge in [-0.3, -0.25) is 14.4 Å². The molecule has 9 heteroatoms. The number of Topliss-reactive ketones (excluding diaryl/α,β-unsaturated/α-hetero) is 1. The van der Waals surface area contributed by atoms with Crippen molar-refractivity contribution in [2.75, 3.05) is 6.61 Å². The lowest BCUT2D eigenvalue weighted by atomic mass is 10.00. The minimum absolute atomic E-state index is 0.0129. The maximum absolute atomic E-state index is 12.5. The number of nitrogens with zero attached hydrogens (tertiary/aromatic N) is 3. The lowest BCUT2D eigenvalue weighted by Gasteiger charge is -2.34. The van der Waals surface area contributed by atoms with Crippen LogP contribution in [-0.4, -0.2) is 56.0 Å². The molecule has 4 aromatic carbocycles. The first kappa shape index (κ1) is 35.0. The molecule has 2 aliphatic heterocycles. The number of aromatic amines is 1. The van der Waals surface area contributed by atoms with Gasteiger partial charge in [-0.2, -0.15) is 0 Å². The number of likely N-dealkylation sites (tertiary alicyclic amines) is 2. The van der Waals surface area contributed by atoms with E-state index in [4.69, 9.17) is 4.74 Å². The predicted octanol–water partition coefficient (Wildman–Crippen LogP) is 7.32. The third-order valence-electron chi connectivity index (χ3n) is 9.23. The second-order valence-corrected chi connectivity index (χ2v) is 12.8. The summed E-state index contributed by atoms with van der Waals surface area (Å²) in [6.45, 7) is 0.685. The van der Waals surface area contributed by atoms with E-state index in [0.29, 0.717) is 44.3 Å². The zero-order chi connectivity index (χ0) is 35.4. The second kappa shape index (κ2) is 17.2. The highest BCUT2D eigenvalue weighted by atomic mass is 16.5. The van der Waals surface area contributed by atoms with E-state index in [9.17, 15) is 19.2 Å². The van der Waals surface area contributed by atoms with Crippen molar-refractivity contribution in [3.63, 3.8) is 0 Å². The Morgan fingerprint density at radius 1 is 0.686 bits per heavy atom. The summed E-state index contributed by atoms with van der Waals surface area (Å²) in [6.07, 6.45) is 5.98. The van der Waals surface area contributed by atoms with E-state index in [1.54, 1.807) is 29.2 Å². The third-order valence-corrected chi connectivity index (χ3v) is 9.23. The van der Waals surface area contributed by atoms with Crippen molar-refractivity contribution in [3.8, 4) is 11.3 Å². The summed E-state index contributed by atoms with van der Waals surface area (Å²) in [5.74, 6) is 0.256. The van der Waals surface area contributed by atoms with E-state index in [1.807, 2.05) is 83.9 Å². The van der Waals surface area contributed by atoms with Crippen LogP contribution < -0.4 is 0 Å². The van der Waals surface area contributed by atoms with Crippen LogP contribution in [0.2, 0.25) is 0 Å². The molecule has 260 valence electrons. The second-order valence-electron chi connectivity index (χ2n) is 12.8. The van der Waals surface area contributed by atoms with Crippen molar-refractivity contribution < 1.29 is 23.9 Å². The summed E-state index contributed by atoms with van der Waals surface area (Å²) in [6, 6.07) is 37.9. The number of hydrogen-bond donors (Lipinski definition) is 1. The van der Waals surface area contributed by atoms with Gasteiger partial charge in [-0.15, -0.1) is 0 Å². The fourth-order valence-electron chi connectivity index (χ4n) is 6.54. The van der Waals surface area contributed by atoms with Gasteiger partial charge in [0.2, 0.25) is 11.8 Å². The van der Waals surface area contributed by atoms with Crippen LogP contribution in [0.3, 0.4) is 0 Å². The Kier molecular flexibility index (Phi) is 11.8. The third kappa shape index (κ3) is 9.25. The Labute approximate surface area is 298 Å². The molecule has 7 rings (SSSR count). The Hall–Kier alpha value is -5.83. The fourth-order valence-corrected chi connectivity index (χ4v) is 6.54. The molecule has 2 atom stereocenters. The van der Waals surface area contributed by atoms with Crippen molar-refractivity contribution in [3.05, 3.63) is 150 Å². The SMILES string of the molecule is O=C(COC(=O)C1CCCC(=O)N1Cc1ccccc1)c1ccccc1.O=C1CCCC(c2ncc(-c3ccccc3)[nH]2)N1Cc1ccccc1. The number of rotatable bonds is 10. The van der Waals surface area contributed by atoms with Crippen molar-refractivity contribution in [1.82, 2.24) is 19.8 Å². The van der Waals surface area contributed by atoms with Gasteiger partial charge in [0.15, 0.2) is 12.4 Å². The molecule has 9 nitrogen and oxygen atoms in total. The summed E-state index contributed by atoms with van der Waals surface area (Å²) >= 11 is 0. The van der Waals surface area contributed by atoms with Crippen LogP contribution in [0.4, 0.5) is 0 Å². The van der Waals surface area contributed by atoms with Crippen molar-refractivity contribution in [2.45, 2.75) is 63.7 Å². The Bertz CT molecular complexity index is 1900. The molecule has 0 radical (unpaired) electrons. The minimum atomic E-state index is -0.639. The van der Waals surface area contributed by atoms with Gasteiger partial charge in [-0.25, -0.2) is 9.78 Å². The maximum atomic E-state index is 12.5. The number of ether oxygens (including phenoxy) is 1. The average molecular weight is 683 g/mol. The topological polar surface area (TPSA) is 113 Å². The molecule has 0 spiro atoms. The van der Waals surface area contributed by atoms with E-state index in [-0.39, 0.29) is 30.2 Å². The van der Waals surface area contributed by atoms with Gasteiger partial charge in [0, 0.05) is 31.5 Å². The van der Waals surface area contributed by atoms with Crippen LogP contribution in [0.1, 0.15) is 71.9 Å². The molecule has 1 aromatic heterocycles. The lowest BCUT2D eigenvalue weighted by Crippen LogP contribution is -2.48. The van der Waals surface area contributed by atoms with Gasteiger partial charge >= 0.3 is 5.97 Å². The summed E-state index contributed by atoms with van der Waals surface area (Å²) in [4.78, 5) is 61.0. The van der Waals surface area contributed by atoms with Crippen LogP contribution in [0.5, 0.6) is 0 Å². The quantitative estimate of drug-likeness (QED) is 0.122. The van der Waals surface area contributed by atoms with E-state index in [2.05, 4.69) is 34.2 Å². The van der Waals surface area contributed by atoms with Gasteiger partial charge in [0.1, 0.15) is 11.9 Å². The van der Waals surface area contributed by atoms with Crippen LogP contribution in [0.15, 0.2) is 128 Å². The molecular weight excluding hydrogens is 640 g/mol. The number of benzene rings is 4. The van der Waals surface area contributed by atoms with Gasteiger partial charge in [0.25, 0.3) is 0 Å². The molecule has 3 heterocycles. The number of amides is 2.